The smallest absolute Gasteiger partial charge is 0.131 e. The summed E-state index contributed by atoms with van der Waals surface area (Å²) < 4.78 is 4.96. The van der Waals surface area contributed by atoms with Gasteiger partial charge in [-0.05, 0) is 18.9 Å². The number of aromatic nitrogens is 2. The number of hydrogen-bond donors (Lipinski definition) is 1. The Hall–Kier alpha value is -1.00. The molecule has 0 amide bonds. The van der Waals surface area contributed by atoms with Gasteiger partial charge in [0.05, 0.1) is 12.3 Å². The summed E-state index contributed by atoms with van der Waals surface area (Å²) in [5.41, 5.74) is 1.07. The second-order valence-electron chi connectivity index (χ2n) is 3.85. The average molecular weight is 207 g/mol. The molecule has 1 aliphatic rings. The van der Waals surface area contributed by atoms with Crippen molar-refractivity contribution in [1.82, 2.24) is 15.3 Å². The van der Waals surface area contributed by atoms with Crippen molar-refractivity contribution in [1.29, 1.82) is 0 Å². The van der Waals surface area contributed by atoms with Crippen molar-refractivity contribution < 1.29 is 4.74 Å². The van der Waals surface area contributed by atoms with Crippen LogP contribution in [0.5, 0.6) is 0 Å². The number of ether oxygens (including phenoxy) is 1. The molecule has 0 radical (unpaired) electrons. The third-order valence-electron chi connectivity index (χ3n) is 2.46. The van der Waals surface area contributed by atoms with Crippen molar-refractivity contribution in [3.8, 4) is 0 Å². The van der Waals surface area contributed by atoms with E-state index in [1.807, 2.05) is 12.3 Å². The number of nitrogens with one attached hydrogen (secondary N) is 1. The first-order valence-electron chi connectivity index (χ1n) is 5.41. The molecule has 0 unspecified atom stereocenters. The van der Waals surface area contributed by atoms with E-state index in [0.29, 0.717) is 5.92 Å². The molecule has 2 rings (SSSR count). The number of methoxy groups -OCH3 is 1. The summed E-state index contributed by atoms with van der Waals surface area (Å²) in [4.78, 5) is 8.80. The molecule has 1 aliphatic carbocycles. The first kappa shape index (κ1) is 10.5. The second kappa shape index (κ2) is 5.19. The summed E-state index contributed by atoms with van der Waals surface area (Å²) in [7, 11) is 1.71. The largest absolute Gasteiger partial charge is 0.383 e. The van der Waals surface area contributed by atoms with Crippen molar-refractivity contribution in [2.24, 2.45) is 0 Å². The van der Waals surface area contributed by atoms with Gasteiger partial charge in [-0.2, -0.15) is 0 Å². The third kappa shape index (κ3) is 3.25. The zero-order valence-electron chi connectivity index (χ0n) is 9.07. The molecule has 15 heavy (non-hydrogen) atoms. The lowest BCUT2D eigenvalue weighted by atomic mass is 10.3. The Bertz CT molecular complexity index is 312. The zero-order chi connectivity index (χ0) is 10.5. The van der Waals surface area contributed by atoms with Gasteiger partial charge in [0, 0.05) is 32.3 Å². The van der Waals surface area contributed by atoms with Crippen LogP contribution in [-0.2, 0) is 11.3 Å². The van der Waals surface area contributed by atoms with Gasteiger partial charge in [0.15, 0.2) is 0 Å². The van der Waals surface area contributed by atoms with Crippen LogP contribution in [-0.4, -0.2) is 30.2 Å². The summed E-state index contributed by atoms with van der Waals surface area (Å²) in [5.74, 6) is 1.64. The van der Waals surface area contributed by atoms with Crippen LogP contribution in [0.1, 0.15) is 30.3 Å². The Labute approximate surface area is 90.1 Å². The van der Waals surface area contributed by atoms with Crippen molar-refractivity contribution in [2.75, 3.05) is 20.3 Å². The normalized spacial score (nSPS) is 15.5. The van der Waals surface area contributed by atoms with E-state index in [-0.39, 0.29) is 0 Å². The molecule has 82 valence electrons. The summed E-state index contributed by atoms with van der Waals surface area (Å²) in [6, 6.07) is 1.96. The van der Waals surface area contributed by atoms with E-state index in [1.54, 1.807) is 7.11 Å². The molecule has 1 saturated carbocycles. The van der Waals surface area contributed by atoms with Gasteiger partial charge in [-0.25, -0.2) is 9.97 Å². The fraction of sp³-hybridized carbons (Fsp3) is 0.636. The fourth-order valence-electron chi connectivity index (χ4n) is 1.44. The SMILES string of the molecule is COCCNCc1ccnc(C2CC2)n1. The Morgan fingerprint density at radius 1 is 1.53 bits per heavy atom. The van der Waals surface area contributed by atoms with Gasteiger partial charge < -0.3 is 10.1 Å². The zero-order valence-corrected chi connectivity index (χ0v) is 9.07. The van der Waals surface area contributed by atoms with E-state index >= 15 is 0 Å². The van der Waals surface area contributed by atoms with Gasteiger partial charge in [0.25, 0.3) is 0 Å². The molecule has 4 heteroatoms. The van der Waals surface area contributed by atoms with Gasteiger partial charge in [0.1, 0.15) is 5.82 Å². The summed E-state index contributed by atoms with van der Waals surface area (Å²) in [6.07, 6.45) is 4.36. The van der Waals surface area contributed by atoms with Crippen LogP contribution in [0.4, 0.5) is 0 Å². The maximum absolute atomic E-state index is 4.96. The monoisotopic (exact) mass is 207 g/mol. The standard InChI is InChI=1S/C11H17N3O/c1-15-7-6-12-8-10-4-5-13-11(14-10)9-2-3-9/h4-5,9,12H,2-3,6-8H2,1H3. The molecule has 4 nitrogen and oxygen atoms in total. The van der Waals surface area contributed by atoms with Crippen molar-refractivity contribution in [3.05, 3.63) is 23.8 Å². The van der Waals surface area contributed by atoms with E-state index in [1.165, 1.54) is 12.8 Å². The summed E-state index contributed by atoms with van der Waals surface area (Å²) >= 11 is 0. The van der Waals surface area contributed by atoms with Crippen LogP contribution in [0, 0.1) is 0 Å². The van der Waals surface area contributed by atoms with Gasteiger partial charge in [-0.3, -0.25) is 0 Å². The predicted octanol–water partition coefficient (Wildman–Crippen LogP) is 1.09. The van der Waals surface area contributed by atoms with Crippen molar-refractivity contribution in [2.45, 2.75) is 25.3 Å². The van der Waals surface area contributed by atoms with Crippen LogP contribution < -0.4 is 5.32 Å². The van der Waals surface area contributed by atoms with Gasteiger partial charge in [0.2, 0.25) is 0 Å². The fourth-order valence-corrected chi connectivity index (χ4v) is 1.44. The Morgan fingerprint density at radius 2 is 2.40 bits per heavy atom. The van der Waals surface area contributed by atoms with E-state index < -0.39 is 0 Å². The van der Waals surface area contributed by atoms with Crippen LogP contribution in [0.3, 0.4) is 0 Å². The van der Waals surface area contributed by atoms with Gasteiger partial charge >= 0.3 is 0 Å². The van der Waals surface area contributed by atoms with E-state index in [4.69, 9.17) is 4.74 Å². The van der Waals surface area contributed by atoms with E-state index in [2.05, 4.69) is 15.3 Å². The lowest BCUT2D eigenvalue weighted by molar-refractivity contribution is 0.199. The molecule has 0 saturated heterocycles. The topological polar surface area (TPSA) is 47.0 Å². The molecule has 0 aromatic carbocycles. The molecule has 0 atom stereocenters. The Morgan fingerprint density at radius 3 is 3.13 bits per heavy atom. The highest BCUT2D eigenvalue weighted by Crippen LogP contribution is 2.37. The predicted molar refractivity (Wildman–Crippen MR) is 57.6 cm³/mol. The maximum Gasteiger partial charge on any atom is 0.131 e. The first-order chi connectivity index (χ1) is 7.40. The highest BCUT2D eigenvalue weighted by atomic mass is 16.5. The van der Waals surface area contributed by atoms with E-state index in [9.17, 15) is 0 Å². The molecule has 1 aromatic rings. The average Bonchev–Trinajstić information content (AvgIpc) is 3.09. The summed E-state index contributed by atoms with van der Waals surface area (Å²) in [5, 5.41) is 3.27. The molecule has 1 N–H and O–H groups in total. The minimum atomic E-state index is 0.629. The third-order valence-corrected chi connectivity index (χ3v) is 2.46. The van der Waals surface area contributed by atoms with Crippen LogP contribution >= 0.6 is 0 Å². The van der Waals surface area contributed by atoms with Crippen molar-refractivity contribution >= 4 is 0 Å². The number of hydrogen-bond acceptors (Lipinski definition) is 4. The molecule has 0 bridgehead atoms. The van der Waals surface area contributed by atoms with Gasteiger partial charge in [-0.1, -0.05) is 0 Å². The lowest BCUT2D eigenvalue weighted by Crippen LogP contribution is -2.19. The minimum Gasteiger partial charge on any atom is -0.383 e. The molecule has 1 heterocycles. The van der Waals surface area contributed by atoms with E-state index in [0.717, 1.165) is 31.2 Å². The first-order valence-corrected chi connectivity index (χ1v) is 5.41. The highest BCUT2D eigenvalue weighted by Gasteiger charge is 2.26. The maximum atomic E-state index is 4.96. The van der Waals surface area contributed by atoms with Crippen molar-refractivity contribution in [3.63, 3.8) is 0 Å². The number of rotatable bonds is 6. The molecule has 1 aromatic heterocycles. The number of nitrogens with zero attached hydrogens (tertiary/aromatic N) is 2. The minimum absolute atomic E-state index is 0.629. The molecule has 0 spiro atoms. The molecule has 1 fully saturated rings. The molecular formula is C11H17N3O. The lowest BCUT2D eigenvalue weighted by Gasteiger charge is -2.04. The Balaban J connectivity index is 1.82. The van der Waals surface area contributed by atoms with Crippen LogP contribution in [0.2, 0.25) is 0 Å². The Kier molecular flexibility index (Phi) is 3.64. The van der Waals surface area contributed by atoms with Crippen LogP contribution in [0.25, 0.3) is 0 Å². The summed E-state index contributed by atoms with van der Waals surface area (Å²) in [6.45, 7) is 2.39. The highest BCUT2D eigenvalue weighted by molar-refractivity contribution is 5.09. The second-order valence-corrected chi connectivity index (χ2v) is 3.85. The van der Waals surface area contributed by atoms with Gasteiger partial charge in [-0.15, -0.1) is 0 Å². The quantitative estimate of drug-likeness (QED) is 0.709. The molecular weight excluding hydrogens is 190 g/mol. The van der Waals surface area contributed by atoms with Crippen LogP contribution in [0.15, 0.2) is 12.3 Å². The molecule has 0 aliphatic heterocycles.